The fraction of sp³-hybridized carbons (Fsp3) is 0.800. The summed E-state index contributed by atoms with van der Waals surface area (Å²) in [7, 11) is 1.86. The van der Waals surface area contributed by atoms with Gasteiger partial charge < -0.3 is 10.0 Å². The molecule has 0 aromatic rings. The van der Waals surface area contributed by atoms with Gasteiger partial charge in [0.25, 0.3) is 0 Å². The minimum absolute atomic E-state index is 0.176. The van der Waals surface area contributed by atoms with Gasteiger partial charge in [0, 0.05) is 19.5 Å². The normalized spacial score (nSPS) is 36.2. The van der Waals surface area contributed by atoms with Crippen molar-refractivity contribution >= 4 is 5.91 Å². The second kappa shape index (κ2) is 4.37. The molecular weight excluding hydrogens is 226 g/mol. The van der Waals surface area contributed by atoms with Gasteiger partial charge in [0.15, 0.2) is 0 Å². The summed E-state index contributed by atoms with van der Waals surface area (Å²) >= 11 is 0. The van der Waals surface area contributed by atoms with Crippen molar-refractivity contribution in [3.8, 4) is 0 Å². The summed E-state index contributed by atoms with van der Waals surface area (Å²) in [6.07, 6.45) is 10.5. The Morgan fingerprint density at radius 2 is 2.06 bits per heavy atom. The highest BCUT2D eigenvalue weighted by molar-refractivity contribution is 5.80. The lowest BCUT2D eigenvalue weighted by molar-refractivity contribution is -0.138. The van der Waals surface area contributed by atoms with Gasteiger partial charge in [-0.15, -0.1) is 0 Å². The van der Waals surface area contributed by atoms with E-state index >= 15 is 0 Å². The van der Waals surface area contributed by atoms with Crippen LogP contribution in [0.4, 0.5) is 0 Å². The Kier molecular flexibility index (Phi) is 2.97. The Hall–Kier alpha value is -0.830. The van der Waals surface area contributed by atoms with Crippen LogP contribution in [0, 0.1) is 17.8 Å². The fourth-order valence-corrected chi connectivity index (χ4v) is 4.06. The molecule has 100 valence electrons. The summed E-state index contributed by atoms with van der Waals surface area (Å²) in [5, 5.41) is 10.4. The molecule has 0 radical (unpaired) electrons. The number of carbonyl (C=O) groups excluding carboxylic acids is 1. The molecule has 0 aliphatic heterocycles. The van der Waals surface area contributed by atoms with E-state index in [2.05, 4.69) is 12.2 Å². The molecule has 18 heavy (non-hydrogen) atoms. The Labute approximate surface area is 109 Å². The first kappa shape index (κ1) is 12.2. The lowest BCUT2D eigenvalue weighted by Crippen LogP contribution is -2.44. The molecule has 3 nitrogen and oxygen atoms in total. The molecule has 0 saturated heterocycles. The third-order valence-electron chi connectivity index (χ3n) is 5.04. The van der Waals surface area contributed by atoms with Crippen molar-refractivity contribution in [2.75, 3.05) is 13.6 Å². The minimum atomic E-state index is -0.613. The molecule has 0 heterocycles. The van der Waals surface area contributed by atoms with Gasteiger partial charge in [-0.1, -0.05) is 25.0 Å². The Morgan fingerprint density at radius 3 is 2.61 bits per heavy atom. The number of aliphatic hydroxyl groups is 1. The molecule has 0 spiro atoms. The first-order chi connectivity index (χ1) is 8.57. The first-order valence-corrected chi connectivity index (χ1v) is 7.23. The quantitative estimate of drug-likeness (QED) is 0.777. The zero-order valence-corrected chi connectivity index (χ0v) is 11.1. The van der Waals surface area contributed by atoms with Crippen LogP contribution >= 0.6 is 0 Å². The predicted octanol–water partition coefficient (Wildman–Crippen LogP) is 1.96. The summed E-state index contributed by atoms with van der Waals surface area (Å²) in [6.45, 7) is 0.517. The monoisotopic (exact) mass is 249 g/mol. The molecule has 3 rings (SSSR count). The minimum Gasteiger partial charge on any atom is -0.388 e. The van der Waals surface area contributed by atoms with Crippen molar-refractivity contribution < 1.29 is 9.90 Å². The Morgan fingerprint density at radius 1 is 1.33 bits per heavy atom. The van der Waals surface area contributed by atoms with Crippen molar-refractivity contribution in [1.82, 2.24) is 4.90 Å². The van der Waals surface area contributed by atoms with Crippen molar-refractivity contribution in [1.29, 1.82) is 0 Å². The van der Waals surface area contributed by atoms with Gasteiger partial charge in [0.1, 0.15) is 0 Å². The van der Waals surface area contributed by atoms with Crippen LogP contribution in [0.25, 0.3) is 0 Å². The van der Waals surface area contributed by atoms with E-state index in [1.54, 1.807) is 4.90 Å². The molecule has 0 aromatic carbocycles. The number of allylic oxidation sites excluding steroid dienone is 2. The first-order valence-electron chi connectivity index (χ1n) is 7.23. The zero-order valence-electron chi connectivity index (χ0n) is 11.1. The van der Waals surface area contributed by atoms with Gasteiger partial charge >= 0.3 is 0 Å². The maximum absolute atomic E-state index is 12.4. The smallest absolute Gasteiger partial charge is 0.226 e. The second-order valence-corrected chi connectivity index (χ2v) is 6.51. The molecule has 0 aromatic heterocycles. The van der Waals surface area contributed by atoms with Gasteiger partial charge in [-0.2, -0.15) is 0 Å². The van der Waals surface area contributed by atoms with Crippen molar-refractivity contribution in [3.05, 3.63) is 12.2 Å². The number of fused-ring (bicyclic) bond motifs is 2. The largest absolute Gasteiger partial charge is 0.388 e. The standard InChI is InChI=1S/C15H23NO2/c1-16(10-15(18)6-2-3-7-15)14(17)13-9-11-4-5-12(13)8-11/h4-5,11-13,18H,2-3,6-10H2,1H3. The van der Waals surface area contributed by atoms with Gasteiger partial charge in [-0.25, -0.2) is 0 Å². The summed E-state index contributed by atoms with van der Waals surface area (Å²) in [6, 6.07) is 0. The average molecular weight is 249 g/mol. The summed E-state index contributed by atoms with van der Waals surface area (Å²) in [5.41, 5.74) is -0.613. The van der Waals surface area contributed by atoms with E-state index in [4.69, 9.17) is 0 Å². The number of nitrogens with zero attached hydrogens (tertiary/aromatic N) is 1. The highest BCUT2D eigenvalue weighted by Gasteiger charge is 2.42. The molecule has 1 amide bonds. The third kappa shape index (κ3) is 2.09. The zero-order chi connectivity index (χ0) is 12.8. The number of likely N-dealkylation sites (N-methyl/N-ethyl adjacent to an activating group) is 1. The van der Waals surface area contributed by atoms with E-state index in [9.17, 15) is 9.90 Å². The lowest BCUT2D eigenvalue weighted by atomic mass is 9.91. The van der Waals surface area contributed by atoms with Crippen LogP contribution in [0.3, 0.4) is 0 Å². The van der Waals surface area contributed by atoms with E-state index < -0.39 is 5.60 Å². The molecule has 3 heteroatoms. The molecule has 2 fully saturated rings. The maximum atomic E-state index is 12.4. The van der Waals surface area contributed by atoms with Crippen LogP contribution in [0.1, 0.15) is 38.5 Å². The molecule has 3 aliphatic carbocycles. The third-order valence-corrected chi connectivity index (χ3v) is 5.04. The van der Waals surface area contributed by atoms with Gasteiger partial charge in [0.2, 0.25) is 5.91 Å². The SMILES string of the molecule is CN(CC1(O)CCCC1)C(=O)C1CC2C=CC1C2. The van der Waals surface area contributed by atoms with Gasteiger partial charge in [-0.3, -0.25) is 4.79 Å². The molecule has 1 N–H and O–H groups in total. The average Bonchev–Trinajstić information content (AvgIpc) is 3.03. The molecule has 3 aliphatic rings. The predicted molar refractivity (Wildman–Crippen MR) is 69.9 cm³/mol. The van der Waals surface area contributed by atoms with E-state index in [-0.39, 0.29) is 11.8 Å². The molecular formula is C15H23NO2. The molecule has 2 bridgehead atoms. The fourth-order valence-electron chi connectivity index (χ4n) is 4.06. The maximum Gasteiger partial charge on any atom is 0.226 e. The Bertz CT molecular complexity index is 371. The summed E-state index contributed by atoms with van der Waals surface area (Å²) in [4.78, 5) is 14.2. The topological polar surface area (TPSA) is 40.5 Å². The number of amides is 1. The van der Waals surface area contributed by atoms with Crippen LogP contribution in [-0.4, -0.2) is 35.1 Å². The number of hydrogen-bond donors (Lipinski definition) is 1. The summed E-state index contributed by atoms with van der Waals surface area (Å²) < 4.78 is 0. The Balaban J connectivity index is 1.60. The van der Waals surface area contributed by atoms with Gasteiger partial charge in [0.05, 0.1) is 5.60 Å². The number of carbonyl (C=O) groups is 1. The highest BCUT2D eigenvalue weighted by atomic mass is 16.3. The second-order valence-electron chi connectivity index (χ2n) is 6.51. The van der Waals surface area contributed by atoms with Crippen LogP contribution < -0.4 is 0 Å². The van der Waals surface area contributed by atoms with Crippen molar-refractivity contribution in [2.24, 2.45) is 17.8 Å². The van der Waals surface area contributed by atoms with Crippen LogP contribution in [-0.2, 0) is 4.79 Å². The highest BCUT2D eigenvalue weighted by Crippen LogP contribution is 2.44. The van der Waals surface area contributed by atoms with Crippen LogP contribution in [0.2, 0.25) is 0 Å². The number of hydrogen-bond acceptors (Lipinski definition) is 2. The molecule has 3 atom stereocenters. The lowest BCUT2D eigenvalue weighted by Gasteiger charge is -2.31. The molecule has 3 unspecified atom stereocenters. The van der Waals surface area contributed by atoms with E-state index in [1.165, 1.54) is 0 Å². The van der Waals surface area contributed by atoms with E-state index in [1.807, 2.05) is 7.05 Å². The van der Waals surface area contributed by atoms with Crippen molar-refractivity contribution in [2.45, 2.75) is 44.1 Å². The van der Waals surface area contributed by atoms with E-state index in [0.717, 1.165) is 38.5 Å². The van der Waals surface area contributed by atoms with Gasteiger partial charge in [-0.05, 0) is 37.5 Å². The van der Waals surface area contributed by atoms with Crippen LogP contribution in [0.15, 0.2) is 12.2 Å². The number of rotatable bonds is 3. The van der Waals surface area contributed by atoms with Crippen LogP contribution in [0.5, 0.6) is 0 Å². The van der Waals surface area contributed by atoms with E-state index in [0.29, 0.717) is 18.4 Å². The molecule has 2 saturated carbocycles. The van der Waals surface area contributed by atoms with Crippen molar-refractivity contribution in [3.63, 3.8) is 0 Å². The summed E-state index contributed by atoms with van der Waals surface area (Å²) in [5.74, 6) is 1.51.